The number of amides is 2. The van der Waals surface area contributed by atoms with Crippen LogP contribution in [0.1, 0.15) is 11.3 Å². The number of rotatable bonds is 9. The molecule has 13 heteroatoms. The summed E-state index contributed by atoms with van der Waals surface area (Å²) in [6.45, 7) is 2.95. The summed E-state index contributed by atoms with van der Waals surface area (Å²) in [6, 6.07) is 13.1. The number of hydrogen-bond donors (Lipinski definition) is 1. The summed E-state index contributed by atoms with van der Waals surface area (Å²) in [7, 11) is 0. The maximum absolute atomic E-state index is 15.1. The molecule has 3 heterocycles. The molecule has 2 aliphatic heterocycles. The standard InChI is InChI=1S/C28H27F2N5O6/c29-20-4-1-19(2-5-20)3-9-26(36)31-16-23-18-34(28(37)41-23)21-6-8-25(24(30)15-21)33-13-11-32(12-14-33)17-22-7-10-27(40-22)35(38)39/h1-10,15,23H,11-14,16-18H2,(H,31,36)/b9-3+/t23-/m0/s1. The quantitative estimate of drug-likeness (QED) is 0.235. The molecule has 0 unspecified atom stereocenters. The van der Waals surface area contributed by atoms with Crippen LogP contribution in [0, 0.1) is 21.7 Å². The molecule has 0 saturated carbocycles. The number of anilines is 2. The van der Waals surface area contributed by atoms with Gasteiger partial charge in [0.05, 0.1) is 37.1 Å². The van der Waals surface area contributed by atoms with Crippen molar-refractivity contribution in [1.82, 2.24) is 10.2 Å². The van der Waals surface area contributed by atoms with Crippen LogP contribution in [0.5, 0.6) is 0 Å². The molecule has 11 nitrogen and oxygen atoms in total. The first-order valence-electron chi connectivity index (χ1n) is 12.9. The van der Waals surface area contributed by atoms with Gasteiger partial charge in [0.15, 0.2) is 0 Å². The van der Waals surface area contributed by atoms with Crippen LogP contribution in [0.3, 0.4) is 0 Å². The van der Waals surface area contributed by atoms with Crippen molar-refractivity contribution in [2.45, 2.75) is 12.6 Å². The number of nitrogens with one attached hydrogen (secondary N) is 1. The molecule has 0 bridgehead atoms. The van der Waals surface area contributed by atoms with Crippen LogP contribution < -0.4 is 15.1 Å². The van der Waals surface area contributed by atoms with Crippen molar-refractivity contribution < 1.29 is 32.4 Å². The number of piperazine rings is 1. The van der Waals surface area contributed by atoms with E-state index in [0.29, 0.717) is 55.4 Å². The molecule has 0 aliphatic carbocycles. The maximum atomic E-state index is 15.1. The minimum atomic E-state index is -0.634. The molecule has 1 N–H and O–H groups in total. The average Bonchev–Trinajstić information content (AvgIpc) is 3.58. The van der Waals surface area contributed by atoms with E-state index in [-0.39, 0.29) is 24.8 Å². The van der Waals surface area contributed by atoms with Crippen LogP contribution in [0.2, 0.25) is 0 Å². The molecule has 2 amide bonds. The molecule has 1 aromatic heterocycles. The van der Waals surface area contributed by atoms with Gasteiger partial charge < -0.3 is 19.4 Å². The van der Waals surface area contributed by atoms with E-state index in [1.165, 1.54) is 35.2 Å². The zero-order valence-electron chi connectivity index (χ0n) is 21.9. The summed E-state index contributed by atoms with van der Waals surface area (Å²) in [6.07, 6.45) is 1.60. The lowest BCUT2D eigenvalue weighted by Crippen LogP contribution is -2.46. The second-order valence-corrected chi connectivity index (χ2v) is 9.64. The fraction of sp³-hybridized carbons (Fsp3) is 0.286. The number of carbonyl (C=O) groups excluding carboxylic acids is 2. The van der Waals surface area contributed by atoms with Crippen LogP contribution in [0.25, 0.3) is 6.08 Å². The van der Waals surface area contributed by atoms with Gasteiger partial charge in [-0.05, 0) is 48.0 Å². The van der Waals surface area contributed by atoms with Crippen molar-refractivity contribution in [1.29, 1.82) is 0 Å². The summed E-state index contributed by atoms with van der Waals surface area (Å²) in [5, 5.41) is 13.5. The Morgan fingerprint density at radius 3 is 2.51 bits per heavy atom. The number of nitro groups is 1. The molecular formula is C28H27F2N5O6. The van der Waals surface area contributed by atoms with E-state index >= 15 is 4.39 Å². The molecule has 2 fully saturated rings. The van der Waals surface area contributed by atoms with Crippen LogP contribution in [-0.4, -0.2) is 67.2 Å². The fourth-order valence-corrected chi connectivity index (χ4v) is 4.69. The van der Waals surface area contributed by atoms with Crippen molar-refractivity contribution in [3.8, 4) is 0 Å². The topological polar surface area (TPSA) is 121 Å². The van der Waals surface area contributed by atoms with Crippen molar-refractivity contribution in [3.05, 3.63) is 93.7 Å². The predicted octanol–water partition coefficient (Wildman–Crippen LogP) is 3.94. The summed E-state index contributed by atoms with van der Waals surface area (Å²) >= 11 is 0. The number of cyclic esters (lactones) is 1. The normalized spacial score (nSPS) is 17.7. The van der Waals surface area contributed by atoms with Gasteiger partial charge in [-0.1, -0.05) is 12.1 Å². The largest absolute Gasteiger partial charge is 0.442 e. The zero-order valence-corrected chi connectivity index (χ0v) is 21.9. The highest BCUT2D eigenvalue weighted by molar-refractivity contribution is 5.92. The Kier molecular flexibility index (Phi) is 8.24. The molecule has 2 aliphatic rings. The van der Waals surface area contributed by atoms with E-state index in [1.807, 2.05) is 4.90 Å². The average molecular weight is 568 g/mol. The number of ether oxygens (including phenoxy) is 1. The molecule has 0 spiro atoms. The first-order chi connectivity index (χ1) is 19.7. The number of hydrogen-bond acceptors (Lipinski definition) is 8. The number of halogens is 2. The zero-order chi connectivity index (χ0) is 28.9. The van der Waals surface area contributed by atoms with Gasteiger partial charge in [0.1, 0.15) is 28.4 Å². The summed E-state index contributed by atoms with van der Waals surface area (Å²) in [5.41, 5.74) is 1.42. The molecule has 214 valence electrons. The molecule has 2 saturated heterocycles. The first kappa shape index (κ1) is 27.8. The number of benzene rings is 2. The van der Waals surface area contributed by atoms with Crippen LogP contribution in [0.4, 0.5) is 30.8 Å². The molecular weight excluding hydrogens is 540 g/mol. The van der Waals surface area contributed by atoms with Gasteiger partial charge in [0, 0.05) is 32.3 Å². The first-order valence-corrected chi connectivity index (χ1v) is 12.9. The van der Waals surface area contributed by atoms with Crippen molar-refractivity contribution >= 4 is 35.3 Å². The SMILES string of the molecule is O=C(/C=C/c1ccc(F)cc1)NC[C@H]1CN(c2ccc(N3CCN(Cc4ccc([N+](=O)[O-])o4)CC3)c(F)c2)C(=O)O1. The van der Waals surface area contributed by atoms with Crippen molar-refractivity contribution in [3.63, 3.8) is 0 Å². The number of carbonyl (C=O) groups is 2. The Hall–Kier alpha value is -4.78. The lowest BCUT2D eigenvalue weighted by molar-refractivity contribution is -0.402. The Labute approximate surface area is 233 Å². The minimum absolute atomic E-state index is 0.0744. The van der Waals surface area contributed by atoms with Crippen molar-refractivity contribution in [2.75, 3.05) is 49.1 Å². The summed E-state index contributed by atoms with van der Waals surface area (Å²) in [4.78, 5) is 40.1. The van der Waals surface area contributed by atoms with E-state index in [9.17, 15) is 24.1 Å². The Morgan fingerprint density at radius 1 is 1.07 bits per heavy atom. The third-order valence-corrected chi connectivity index (χ3v) is 6.84. The molecule has 2 aromatic carbocycles. The number of nitrogens with zero attached hydrogens (tertiary/aromatic N) is 4. The van der Waals surface area contributed by atoms with E-state index in [1.54, 1.807) is 36.4 Å². The van der Waals surface area contributed by atoms with Crippen LogP contribution in [-0.2, 0) is 16.1 Å². The van der Waals surface area contributed by atoms with Crippen molar-refractivity contribution in [2.24, 2.45) is 0 Å². The molecule has 41 heavy (non-hydrogen) atoms. The smallest absolute Gasteiger partial charge is 0.433 e. The van der Waals surface area contributed by atoms with Gasteiger partial charge in [-0.15, -0.1) is 0 Å². The second kappa shape index (κ2) is 12.2. The van der Waals surface area contributed by atoms with Gasteiger partial charge in [-0.2, -0.15) is 0 Å². The second-order valence-electron chi connectivity index (χ2n) is 9.64. The Bertz CT molecular complexity index is 1450. The van der Waals surface area contributed by atoms with E-state index in [2.05, 4.69) is 10.2 Å². The highest BCUT2D eigenvalue weighted by Crippen LogP contribution is 2.29. The third kappa shape index (κ3) is 6.87. The van der Waals surface area contributed by atoms with Crippen LogP contribution >= 0.6 is 0 Å². The highest BCUT2D eigenvalue weighted by atomic mass is 19.1. The van der Waals surface area contributed by atoms with Gasteiger partial charge in [0.2, 0.25) is 5.91 Å². The summed E-state index contributed by atoms with van der Waals surface area (Å²) < 4.78 is 38.7. The molecule has 3 aromatic rings. The lowest BCUT2D eigenvalue weighted by atomic mass is 10.2. The Balaban J connectivity index is 1.11. The van der Waals surface area contributed by atoms with Gasteiger partial charge >= 0.3 is 12.0 Å². The van der Waals surface area contributed by atoms with Gasteiger partial charge in [-0.3, -0.25) is 24.7 Å². The molecule has 0 radical (unpaired) electrons. The predicted molar refractivity (Wildman–Crippen MR) is 145 cm³/mol. The third-order valence-electron chi connectivity index (χ3n) is 6.84. The van der Waals surface area contributed by atoms with Gasteiger partial charge in [-0.25, -0.2) is 13.6 Å². The van der Waals surface area contributed by atoms with Crippen LogP contribution in [0.15, 0.2) is 65.1 Å². The van der Waals surface area contributed by atoms with E-state index in [0.717, 1.165) is 0 Å². The molecule has 1 atom stereocenters. The highest BCUT2D eigenvalue weighted by Gasteiger charge is 2.33. The molecule has 5 rings (SSSR count). The fourth-order valence-electron chi connectivity index (χ4n) is 4.69. The minimum Gasteiger partial charge on any atom is -0.442 e. The van der Waals surface area contributed by atoms with Gasteiger partial charge in [0.25, 0.3) is 0 Å². The summed E-state index contributed by atoms with van der Waals surface area (Å²) in [5.74, 6) is -1.04. The lowest BCUT2D eigenvalue weighted by Gasteiger charge is -2.36. The van der Waals surface area contributed by atoms with E-state index in [4.69, 9.17) is 9.15 Å². The monoisotopic (exact) mass is 567 g/mol. The van der Waals surface area contributed by atoms with E-state index < -0.39 is 28.8 Å². The number of furan rings is 1. The maximum Gasteiger partial charge on any atom is 0.433 e. The Morgan fingerprint density at radius 2 is 1.83 bits per heavy atom.